The van der Waals surface area contributed by atoms with Crippen molar-refractivity contribution in [2.45, 2.75) is 6.54 Å². The van der Waals surface area contributed by atoms with E-state index in [1.54, 1.807) is 22.9 Å². The van der Waals surface area contributed by atoms with Crippen LogP contribution < -0.4 is 10.6 Å². The molecule has 0 amide bonds. The van der Waals surface area contributed by atoms with Gasteiger partial charge in [0, 0.05) is 15.7 Å². The van der Waals surface area contributed by atoms with Crippen LogP contribution in [0.4, 0.5) is 16.0 Å². The average molecular weight is 406 g/mol. The molecule has 0 radical (unpaired) electrons. The summed E-state index contributed by atoms with van der Waals surface area (Å²) < 4.78 is 16.2. The van der Waals surface area contributed by atoms with Crippen molar-refractivity contribution in [1.82, 2.24) is 14.8 Å². The van der Waals surface area contributed by atoms with Gasteiger partial charge in [0.2, 0.25) is 5.95 Å². The summed E-state index contributed by atoms with van der Waals surface area (Å²) in [7, 11) is 0. The maximum atomic E-state index is 13.7. The standard InChI is InChI=1S/C16H13BrFN5S/c17-12-5-7-13(8-6-12)20-16(24)21-15-19-10-23(22-15)9-11-3-1-2-4-14(11)18/h1-8,10H,9H2,(H2,20,21,22,24). The molecule has 0 atom stereocenters. The van der Waals surface area contributed by atoms with Gasteiger partial charge in [0.25, 0.3) is 0 Å². The van der Waals surface area contributed by atoms with E-state index in [0.29, 0.717) is 23.2 Å². The topological polar surface area (TPSA) is 54.8 Å². The SMILES string of the molecule is Fc1ccccc1Cn1cnc(NC(=S)Nc2ccc(Br)cc2)n1. The van der Waals surface area contributed by atoms with E-state index < -0.39 is 0 Å². The van der Waals surface area contributed by atoms with Crippen molar-refractivity contribution in [3.63, 3.8) is 0 Å². The van der Waals surface area contributed by atoms with Crippen LogP contribution in [-0.4, -0.2) is 19.9 Å². The van der Waals surface area contributed by atoms with Crippen LogP contribution in [0.2, 0.25) is 0 Å². The Balaban J connectivity index is 1.60. The first-order valence-corrected chi connectivity index (χ1v) is 8.27. The van der Waals surface area contributed by atoms with E-state index in [2.05, 4.69) is 36.6 Å². The van der Waals surface area contributed by atoms with E-state index in [1.807, 2.05) is 24.3 Å². The van der Waals surface area contributed by atoms with Crippen LogP contribution >= 0.6 is 28.1 Å². The van der Waals surface area contributed by atoms with Gasteiger partial charge in [-0.05, 0) is 42.5 Å². The van der Waals surface area contributed by atoms with Crippen molar-refractivity contribution in [3.05, 3.63) is 70.7 Å². The molecule has 3 aromatic rings. The van der Waals surface area contributed by atoms with Crippen LogP contribution in [0, 0.1) is 5.82 Å². The molecular formula is C16H13BrFN5S. The molecule has 0 saturated heterocycles. The predicted octanol–water partition coefficient (Wildman–Crippen LogP) is 4.04. The predicted molar refractivity (Wildman–Crippen MR) is 99.5 cm³/mol. The smallest absolute Gasteiger partial charge is 0.248 e. The fourth-order valence-electron chi connectivity index (χ4n) is 2.03. The highest BCUT2D eigenvalue weighted by Gasteiger charge is 2.06. The molecule has 1 aromatic heterocycles. The highest BCUT2D eigenvalue weighted by molar-refractivity contribution is 9.10. The first-order valence-electron chi connectivity index (χ1n) is 7.06. The Hall–Kier alpha value is -2.32. The Morgan fingerprint density at radius 2 is 1.88 bits per heavy atom. The summed E-state index contributed by atoms with van der Waals surface area (Å²) in [4.78, 5) is 4.12. The minimum Gasteiger partial charge on any atom is -0.332 e. The Labute approximate surface area is 152 Å². The van der Waals surface area contributed by atoms with Crippen LogP contribution in [0.5, 0.6) is 0 Å². The van der Waals surface area contributed by atoms with Crippen molar-refractivity contribution in [1.29, 1.82) is 0 Å². The van der Waals surface area contributed by atoms with Gasteiger partial charge in [-0.3, -0.25) is 5.32 Å². The quantitative estimate of drug-likeness (QED) is 0.641. The summed E-state index contributed by atoms with van der Waals surface area (Å²) in [5.41, 5.74) is 1.39. The lowest BCUT2D eigenvalue weighted by Crippen LogP contribution is -2.20. The molecule has 2 N–H and O–H groups in total. The maximum Gasteiger partial charge on any atom is 0.248 e. The van der Waals surface area contributed by atoms with E-state index in [-0.39, 0.29) is 5.82 Å². The van der Waals surface area contributed by atoms with Crippen molar-refractivity contribution in [2.75, 3.05) is 10.6 Å². The third-order valence-electron chi connectivity index (χ3n) is 3.15. The number of hydrogen-bond acceptors (Lipinski definition) is 3. The molecule has 0 spiro atoms. The number of thiocarbonyl (C=S) groups is 1. The number of nitrogens with one attached hydrogen (secondary N) is 2. The Morgan fingerprint density at radius 1 is 1.12 bits per heavy atom. The van der Waals surface area contributed by atoms with Crippen LogP contribution in [0.15, 0.2) is 59.3 Å². The fraction of sp³-hybridized carbons (Fsp3) is 0.0625. The van der Waals surface area contributed by atoms with Gasteiger partial charge >= 0.3 is 0 Å². The normalized spacial score (nSPS) is 10.4. The minimum atomic E-state index is -0.269. The molecular weight excluding hydrogens is 393 g/mol. The largest absolute Gasteiger partial charge is 0.332 e. The summed E-state index contributed by atoms with van der Waals surface area (Å²) >= 11 is 8.60. The molecule has 0 bridgehead atoms. The molecule has 3 rings (SSSR count). The summed E-state index contributed by atoms with van der Waals surface area (Å²) in [6, 6.07) is 14.2. The van der Waals surface area contributed by atoms with E-state index in [4.69, 9.17) is 12.2 Å². The number of anilines is 2. The average Bonchev–Trinajstić information content (AvgIpc) is 2.99. The molecule has 8 heteroatoms. The van der Waals surface area contributed by atoms with Gasteiger partial charge in [-0.15, -0.1) is 5.10 Å². The molecule has 0 unspecified atom stereocenters. The lowest BCUT2D eigenvalue weighted by atomic mass is 10.2. The van der Waals surface area contributed by atoms with Crippen LogP contribution in [-0.2, 0) is 6.54 Å². The van der Waals surface area contributed by atoms with Gasteiger partial charge in [-0.2, -0.15) is 0 Å². The van der Waals surface area contributed by atoms with E-state index in [1.165, 1.54) is 12.4 Å². The van der Waals surface area contributed by atoms with E-state index in [9.17, 15) is 4.39 Å². The molecule has 24 heavy (non-hydrogen) atoms. The summed E-state index contributed by atoms with van der Waals surface area (Å²) in [6.45, 7) is 0.300. The highest BCUT2D eigenvalue weighted by atomic mass is 79.9. The molecule has 0 aliphatic rings. The van der Waals surface area contributed by atoms with Gasteiger partial charge in [0.15, 0.2) is 5.11 Å². The zero-order valence-electron chi connectivity index (χ0n) is 12.4. The Morgan fingerprint density at radius 3 is 2.62 bits per heavy atom. The van der Waals surface area contributed by atoms with Crippen LogP contribution in [0.1, 0.15) is 5.56 Å². The number of hydrogen-bond donors (Lipinski definition) is 2. The van der Waals surface area contributed by atoms with Crippen LogP contribution in [0.3, 0.4) is 0 Å². The van der Waals surface area contributed by atoms with Gasteiger partial charge in [-0.25, -0.2) is 14.1 Å². The first kappa shape index (κ1) is 16.5. The van der Waals surface area contributed by atoms with Gasteiger partial charge < -0.3 is 5.32 Å². The molecule has 0 fully saturated rings. The molecule has 1 heterocycles. The van der Waals surface area contributed by atoms with Crippen molar-refractivity contribution in [2.24, 2.45) is 0 Å². The Bertz CT molecular complexity index is 850. The zero-order valence-corrected chi connectivity index (χ0v) is 14.8. The second kappa shape index (κ2) is 7.50. The van der Waals surface area contributed by atoms with Gasteiger partial charge in [0.1, 0.15) is 12.1 Å². The molecule has 2 aromatic carbocycles. The first-order chi connectivity index (χ1) is 11.6. The third kappa shape index (κ3) is 4.36. The van der Waals surface area contributed by atoms with E-state index >= 15 is 0 Å². The highest BCUT2D eigenvalue weighted by Crippen LogP contribution is 2.14. The van der Waals surface area contributed by atoms with Crippen molar-refractivity contribution < 1.29 is 4.39 Å². The van der Waals surface area contributed by atoms with Gasteiger partial charge in [0.05, 0.1) is 6.54 Å². The molecule has 0 aliphatic heterocycles. The van der Waals surface area contributed by atoms with Crippen molar-refractivity contribution >= 4 is 44.9 Å². The van der Waals surface area contributed by atoms with Crippen molar-refractivity contribution in [3.8, 4) is 0 Å². The molecule has 5 nitrogen and oxygen atoms in total. The maximum absolute atomic E-state index is 13.7. The van der Waals surface area contributed by atoms with Crippen LogP contribution in [0.25, 0.3) is 0 Å². The van der Waals surface area contributed by atoms with E-state index in [0.717, 1.165) is 10.2 Å². The molecule has 0 saturated carbocycles. The monoisotopic (exact) mass is 405 g/mol. The summed E-state index contributed by atoms with van der Waals surface area (Å²) in [6.07, 6.45) is 1.52. The van der Waals surface area contributed by atoms with Gasteiger partial charge in [-0.1, -0.05) is 34.1 Å². The third-order valence-corrected chi connectivity index (χ3v) is 3.89. The number of rotatable bonds is 4. The molecule has 122 valence electrons. The number of halogens is 2. The zero-order chi connectivity index (χ0) is 16.9. The second-order valence-corrected chi connectivity index (χ2v) is 6.27. The summed E-state index contributed by atoms with van der Waals surface area (Å²) in [5, 5.41) is 10.5. The number of aromatic nitrogens is 3. The molecule has 0 aliphatic carbocycles. The lowest BCUT2D eigenvalue weighted by Gasteiger charge is -2.07. The Kier molecular flexibility index (Phi) is 5.17. The number of benzene rings is 2. The minimum absolute atomic E-state index is 0.269. The lowest BCUT2D eigenvalue weighted by molar-refractivity contribution is 0.585. The second-order valence-electron chi connectivity index (χ2n) is 4.94. The fourth-order valence-corrected chi connectivity index (χ4v) is 2.50. The summed E-state index contributed by atoms with van der Waals surface area (Å²) in [5.74, 6) is 0.0795. The number of nitrogens with zero attached hydrogens (tertiary/aromatic N) is 3.